The quantitative estimate of drug-likeness (QED) is 0.738. The van der Waals surface area contributed by atoms with E-state index in [1.165, 1.54) is 0 Å². The Morgan fingerprint density at radius 2 is 1.89 bits per heavy atom. The highest BCUT2D eigenvalue weighted by Gasteiger charge is 2.36. The van der Waals surface area contributed by atoms with E-state index in [4.69, 9.17) is 23.2 Å². The van der Waals surface area contributed by atoms with Crippen LogP contribution in [0.4, 0.5) is 13.2 Å². The largest absolute Gasteiger partial charge is 0.502 e. The van der Waals surface area contributed by atoms with Crippen LogP contribution in [-0.4, -0.2) is 21.6 Å². The summed E-state index contributed by atoms with van der Waals surface area (Å²) in [6, 6.07) is 5.10. The number of nitrogens with zero attached hydrogens (tertiary/aromatic N) is 1. The first-order valence-corrected chi connectivity index (χ1v) is 8.92. The van der Waals surface area contributed by atoms with E-state index in [-0.39, 0.29) is 4.57 Å². The Kier molecular flexibility index (Phi) is 6.67. The van der Waals surface area contributed by atoms with Crippen LogP contribution in [0.1, 0.15) is 35.0 Å². The number of aromatic hydroxyl groups is 1. The van der Waals surface area contributed by atoms with Gasteiger partial charge in [0, 0.05) is 13.1 Å². The second kappa shape index (κ2) is 8.45. The Bertz CT molecular complexity index is 958. The molecule has 1 unspecified atom stereocenters. The van der Waals surface area contributed by atoms with Gasteiger partial charge < -0.3 is 15.0 Å². The Labute approximate surface area is 168 Å². The van der Waals surface area contributed by atoms with Crippen molar-refractivity contribution < 1.29 is 23.1 Å². The minimum absolute atomic E-state index is 0.250. The van der Waals surface area contributed by atoms with Gasteiger partial charge in [0.15, 0.2) is 5.75 Å². The smallest absolute Gasteiger partial charge is 0.431 e. The van der Waals surface area contributed by atoms with E-state index in [1.54, 1.807) is 25.1 Å². The lowest BCUT2D eigenvalue weighted by molar-refractivity contribution is -0.143. The molecule has 1 atom stereocenters. The lowest BCUT2D eigenvalue weighted by Gasteiger charge is -2.17. The molecule has 1 heterocycles. The number of aromatic nitrogens is 1. The summed E-state index contributed by atoms with van der Waals surface area (Å²) in [6.07, 6.45) is -3.88. The van der Waals surface area contributed by atoms with Crippen molar-refractivity contribution >= 4 is 29.1 Å². The summed E-state index contributed by atoms with van der Waals surface area (Å²) in [6.45, 7) is 1.65. The zero-order valence-electron chi connectivity index (χ0n) is 14.9. The molecule has 0 fully saturated rings. The van der Waals surface area contributed by atoms with Crippen molar-refractivity contribution in [1.29, 1.82) is 0 Å². The van der Waals surface area contributed by atoms with Crippen LogP contribution in [-0.2, 0) is 19.6 Å². The lowest BCUT2D eigenvalue weighted by Crippen LogP contribution is -2.35. The van der Waals surface area contributed by atoms with Gasteiger partial charge in [-0.1, -0.05) is 29.3 Å². The molecule has 2 rings (SSSR count). The number of hydrogen-bond donors (Lipinski definition) is 2. The van der Waals surface area contributed by atoms with E-state index in [0.29, 0.717) is 29.0 Å². The number of hydrogen-bond acceptors (Lipinski definition) is 3. The van der Waals surface area contributed by atoms with Gasteiger partial charge in [-0.15, -0.1) is 0 Å². The number of alkyl halides is 3. The summed E-state index contributed by atoms with van der Waals surface area (Å²) < 4.78 is 39.4. The normalized spacial score (nSPS) is 12.7. The summed E-state index contributed by atoms with van der Waals surface area (Å²) in [5.41, 5.74) is -2.49. The first kappa shape index (κ1) is 22.1. The molecule has 2 N–H and O–H groups in total. The highest BCUT2D eigenvalue weighted by atomic mass is 35.5. The maximum Gasteiger partial charge on any atom is 0.431 e. The van der Waals surface area contributed by atoms with Crippen molar-refractivity contribution in [2.24, 2.45) is 7.05 Å². The Hall–Kier alpha value is -2.19. The number of rotatable bonds is 5. The monoisotopic (exact) mass is 436 g/mol. The number of aryl methyl sites for hydroxylation is 1. The zero-order valence-corrected chi connectivity index (χ0v) is 16.4. The third kappa shape index (κ3) is 4.99. The van der Waals surface area contributed by atoms with Crippen LogP contribution in [0, 0.1) is 0 Å². The topological polar surface area (TPSA) is 71.3 Å². The molecule has 1 amide bonds. The first-order valence-electron chi connectivity index (χ1n) is 8.16. The zero-order chi connectivity index (χ0) is 21.2. The van der Waals surface area contributed by atoms with Gasteiger partial charge >= 0.3 is 6.18 Å². The maximum atomic E-state index is 13.0. The average Bonchev–Trinajstić information content (AvgIpc) is 2.59. The van der Waals surface area contributed by atoms with E-state index < -0.39 is 40.7 Å². The molecule has 0 saturated heterocycles. The molecular weight excluding hydrogens is 420 g/mol. The Balaban J connectivity index is 2.14. The molecule has 0 radical (unpaired) electrons. The Morgan fingerprint density at radius 3 is 2.46 bits per heavy atom. The maximum absolute atomic E-state index is 13.0. The second-order valence-electron chi connectivity index (χ2n) is 6.32. The van der Waals surface area contributed by atoms with Crippen LogP contribution in [0.5, 0.6) is 5.75 Å². The third-order valence-electron chi connectivity index (χ3n) is 4.17. The molecule has 2 aromatic rings. The number of halogens is 5. The van der Waals surface area contributed by atoms with Crippen molar-refractivity contribution in [2.75, 3.05) is 0 Å². The fourth-order valence-corrected chi connectivity index (χ4v) is 2.90. The summed E-state index contributed by atoms with van der Waals surface area (Å²) in [5.74, 6) is -2.01. The summed E-state index contributed by atoms with van der Waals surface area (Å²) in [7, 11) is 0.867. The number of nitrogens with one attached hydrogen (secondary N) is 1. The van der Waals surface area contributed by atoms with Crippen LogP contribution < -0.4 is 10.9 Å². The number of carbonyl (C=O) groups excluding carboxylic acids is 1. The molecule has 0 saturated carbocycles. The van der Waals surface area contributed by atoms with Crippen molar-refractivity contribution in [3.8, 4) is 5.75 Å². The molecule has 0 spiro atoms. The van der Waals surface area contributed by atoms with Gasteiger partial charge in [-0.25, -0.2) is 0 Å². The number of carbonyl (C=O) groups is 1. The van der Waals surface area contributed by atoms with Gasteiger partial charge in [0.05, 0.1) is 15.6 Å². The van der Waals surface area contributed by atoms with Crippen molar-refractivity contribution in [1.82, 2.24) is 9.88 Å². The SMILES string of the molecule is CC(CCc1ccc(Cl)c(Cl)c1)NC(=O)c1cc(C(F)(F)F)n(C)c(=O)c1O. The molecular formula is C18H17Cl2F3N2O3. The van der Waals surface area contributed by atoms with Crippen LogP contribution in [0.3, 0.4) is 0 Å². The van der Waals surface area contributed by atoms with Crippen molar-refractivity contribution in [3.63, 3.8) is 0 Å². The highest BCUT2D eigenvalue weighted by molar-refractivity contribution is 6.42. The molecule has 0 aliphatic carbocycles. The van der Waals surface area contributed by atoms with Gasteiger partial charge in [-0.2, -0.15) is 13.2 Å². The molecule has 1 aromatic carbocycles. The fraction of sp³-hybridized carbons (Fsp3) is 0.333. The van der Waals surface area contributed by atoms with E-state index >= 15 is 0 Å². The number of amides is 1. The molecule has 0 bridgehead atoms. The first-order chi connectivity index (χ1) is 12.9. The van der Waals surface area contributed by atoms with Crippen LogP contribution in [0.2, 0.25) is 10.0 Å². The van der Waals surface area contributed by atoms with Gasteiger partial charge in [0.25, 0.3) is 11.5 Å². The van der Waals surface area contributed by atoms with E-state index in [0.717, 1.165) is 12.6 Å². The highest BCUT2D eigenvalue weighted by Crippen LogP contribution is 2.30. The molecule has 0 aliphatic heterocycles. The van der Waals surface area contributed by atoms with Crippen molar-refractivity contribution in [2.45, 2.75) is 32.0 Å². The predicted octanol–water partition coefficient (Wildman–Crippen LogP) is 4.17. The van der Waals surface area contributed by atoms with Crippen molar-refractivity contribution in [3.05, 3.63) is 61.5 Å². The standard InChI is InChI=1S/C18H17Cl2F3N2O3/c1-9(3-4-10-5-6-12(19)13(20)7-10)24-16(27)11-8-14(18(21,22)23)25(2)17(28)15(11)26/h5-9,26H,3-4H2,1-2H3,(H,24,27). The number of benzene rings is 1. The summed E-state index contributed by atoms with van der Waals surface area (Å²) in [4.78, 5) is 24.1. The van der Waals surface area contributed by atoms with Gasteiger partial charge in [-0.3, -0.25) is 9.59 Å². The van der Waals surface area contributed by atoms with Gasteiger partial charge in [0.2, 0.25) is 0 Å². The molecule has 10 heteroatoms. The molecule has 5 nitrogen and oxygen atoms in total. The molecule has 152 valence electrons. The summed E-state index contributed by atoms with van der Waals surface area (Å²) in [5, 5.41) is 13.1. The van der Waals surface area contributed by atoms with Gasteiger partial charge in [-0.05, 0) is 43.5 Å². The lowest BCUT2D eigenvalue weighted by atomic mass is 10.1. The average molecular weight is 437 g/mol. The molecule has 1 aromatic heterocycles. The van der Waals surface area contributed by atoms with E-state index in [1.807, 2.05) is 0 Å². The minimum atomic E-state index is -4.85. The second-order valence-corrected chi connectivity index (χ2v) is 7.13. The third-order valence-corrected chi connectivity index (χ3v) is 4.91. The minimum Gasteiger partial charge on any atom is -0.502 e. The van der Waals surface area contributed by atoms with Crippen LogP contribution in [0.25, 0.3) is 0 Å². The van der Waals surface area contributed by atoms with E-state index in [9.17, 15) is 27.9 Å². The van der Waals surface area contributed by atoms with Gasteiger partial charge in [0.1, 0.15) is 5.69 Å². The fourth-order valence-electron chi connectivity index (χ4n) is 2.58. The predicted molar refractivity (Wildman–Crippen MR) is 100 cm³/mol. The molecule has 0 aliphatic rings. The summed E-state index contributed by atoms with van der Waals surface area (Å²) >= 11 is 11.8. The number of pyridine rings is 1. The van der Waals surface area contributed by atoms with E-state index in [2.05, 4.69) is 5.32 Å². The molecule has 28 heavy (non-hydrogen) atoms. The van der Waals surface area contributed by atoms with Crippen LogP contribution >= 0.6 is 23.2 Å². The van der Waals surface area contributed by atoms with Crippen LogP contribution in [0.15, 0.2) is 29.1 Å². The Morgan fingerprint density at radius 1 is 1.25 bits per heavy atom.